The third-order valence-electron chi connectivity index (χ3n) is 5.21. The van der Waals surface area contributed by atoms with Gasteiger partial charge in [0.05, 0.1) is 0 Å². The van der Waals surface area contributed by atoms with Crippen LogP contribution < -0.4 is 0 Å². The van der Waals surface area contributed by atoms with E-state index in [0.717, 1.165) is 40.7 Å². The number of carbonyl (C=O) groups excluding carboxylic acids is 1. The Morgan fingerprint density at radius 1 is 0.933 bits per heavy atom. The Kier molecular flexibility index (Phi) is 7.58. The summed E-state index contributed by atoms with van der Waals surface area (Å²) >= 11 is 0. The van der Waals surface area contributed by atoms with E-state index in [0.29, 0.717) is 5.57 Å². The van der Waals surface area contributed by atoms with E-state index in [1.165, 1.54) is 5.56 Å². The van der Waals surface area contributed by atoms with Crippen LogP contribution >= 0.6 is 0 Å². The minimum absolute atomic E-state index is 0.198. The van der Waals surface area contributed by atoms with Crippen LogP contribution in [0.1, 0.15) is 31.4 Å². The number of rotatable bonds is 8. The van der Waals surface area contributed by atoms with Crippen molar-refractivity contribution in [3.05, 3.63) is 95.6 Å². The molecule has 0 unspecified atom stereocenters. The molecule has 3 aromatic carbocycles. The van der Waals surface area contributed by atoms with E-state index >= 15 is 0 Å². The minimum atomic E-state index is -0.298. The van der Waals surface area contributed by atoms with Gasteiger partial charge in [-0.3, -0.25) is 0 Å². The Morgan fingerprint density at radius 2 is 1.63 bits per heavy atom. The Balaban J connectivity index is 1.93. The third kappa shape index (κ3) is 5.46. The van der Waals surface area contributed by atoms with Gasteiger partial charge < -0.3 is 9.84 Å². The van der Waals surface area contributed by atoms with E-state index < -0.39 is 0 Å². The van der Waals surface area contributed by atoms with E-state index in [1.54, 1.807) is 13.0 Å². The molecule has 0 radical (unpaired) electrons. The van der Waals surface area contributed by atoms with E-state index in [4.69, 9.17) is 9.84 Å². The van der Waals surface area contributed by atoms with Gasteiger partial charge in [-0.1, -0.05) is 72.8 Å². The van der Waals surface area contributed by atoms with Gasteiger partial charge in [-0.05, 0) is 66.1 Å². The van der Waals surface area contributed by atoms with Crippen LogP contribution in [0, 0.1) is 0 Å². The number of esters is 1. The van der Waals surface area contributed by atoms with Gasteiger partial charge >= 0.3 is 5.97 Å². The van der Waals surface area contributed by atoms with Crippen molar-refractivity contribution in [1.29, 1.82) is 0 Å². The molecule has 0 aliphatic rings. The van der Waals surface area contributed by atoms with Crippen LogP contribution in [-0.4, -0.2) is 17.7 Å². The molecular formula is C27H28O3. The molecule has 3 heteroatoms. The first kappa shape index (κ1) is 21.5. The first-order valence-corrected chi connectivity index (χ1v) is 10.3. The second-order valence-corrected chi connectivity index (χ2v) is 7.31. The molecule has 0 atom stereocenters. The molecule has 0 heterocycles. The van der Waals surface area contributed by atoms with Crippen LogP contribution in [0.5, 0.6) is 0 Å². The average molecular weight is 401 g/mol. The van der Waals surface area contributed by atoms with Crippen molar-refractivity contribution < 1.29 is 14.6 Å². The molecule has 0 aliphatic heterocycles. The smallest absolute Gasteiger partial charge is 0.333 e. The third-order valence-corrected chi connectivity index (χ3v) is 5.21. The molecule has 0 amide bonds. The molecule has 3 nitrogen and oxygen atoms in total. The average Bonchev–Trinajstić information content (AvgIpc) is 2.81. The topological polar surface area (TPSA) is 46.5 Å². The zero-order valence-electron chi connectivity index (χ0n) is 17.6. The Hall–Kier alpha value is -3.17. The van der Waals surface area contributed by atoms with Crippen molar-refractivity contribution in [3.8, 4) is 22.3 Å². The molecule has 154 valence electrons. The van der Waals surface area contributed by atoms with Gasteiger partial charge in [0.15, 0.2) is 0 Å². The van der Waals surface area contributed by atoms with Crippen LogP contribution in [0.15, 0.2) is 84.4 Å². The molecule has 0 aromatic heterocycles. The van der Waals surface area contributed by atoms with Crippen molar-refractivity contribution in [2.45, 2.75) is 33.3 Å². The van der Waals surface area contributed by atoms with Gasteiger partial charge in [-0.2, -0.15) is 0 Å². The van der Waals surface area contributed by atoms with E-state index in [9.17, 15) is 4.79 Å². The van der Waals surface area contributed by atoms with E-state index in [2.05, 4.69) is 54.6 Å². The minimum Gasteiger partial charge on any atom is -0.457 e. The van der Waals surface area contributed by atoms with Crippen LogP contribution in [0.3, 0.4) is 0 Å². The molecule has 0 saturated heterocycles. The molecular weight excluding hydrogens is 372 g/mol. The van der Waals surface area contributed by atoms with Gasteiger partial charge in [-0.25, -0.2) is 4.79 Å². The van der Waals surface area contributed by atoms with Crippen molar-refractivity contribution >= 4 is 5.97 Å². The van der Waals surface area contributed by atoms with Gasteiger partial charge in [-0.15, -0.1) is 0 Å². The summed E-state index contributed by atoms with van der Waals surface area (Å²) in [6, 6.07) is 24.8. The molecule has 3 rings (SSSR count). The molecule has 3 aromatic rings. The summed E-state index contributed by atoms with van der Waals surface area (Å²) in [5.74, 6) is -0.298. The summed E-state index contributed by atoms with van der Waals surface area (Å²) in [7, 11) is 0. The predicted octanol–water partition coefficient (Wildman–Crippen LogP) is 5.95. The number of aliphatic hydroxyl groups is 1. The lowest BCUT2D eigenvalue weighted by Gasteiger charge is -2.14. The quantitative estimate of drug-likeness (QED) is 0.375. The van der Waals surface area contributed by atoms with Crippen molar-refractivity contribution in [1.82, 2.24) is 0 Å². The number of benzene rings is 3. The van der Waals surface area contributed by atoms with E-state index in [1.807, 2.05) is 25.1 Å². The summed E-state index contributed by atoms with van der Waals surface area (Å²) < 4.78 is 5.58. The summed E-state index contributed by atoms with van der Waals surface area (Å²) in [6.07, 6.45) is 3.38. The fourth-order valence-electron chi connectivity index (χ4n) is 3.31. The molecule has 1 N–H and O–H groups in total. The van der Waals surface area contributed by atoms with Crippen LogP contribution in [0.25, 0.3) is 22.3 Å². The molecule has 0 fully saturated rings. The predicted molar refractivity (Wildman–Crippen MR) is 122 cm³/mol. The maximum atomic E-state index is 12.2. The summed E-state index contributed by atoms with van der Waals surface area (Å²) in [5, 5.41) is 9.03. The van der Waals surface area contributed by atoms with Crippen LogP contribution in [0.4, 0.5) is 0 Å². The van der Waals surface area contributed by atoms with Gasteiger partial charge in [0.25, 0.3) is 0 Å². The van der Waals surface area contributed by atoms with Gasteiger partial charge in [0.1, 0.15) is 6.61 Å². The highest BCUT2D eigenvalue weighted by Gasteiger charge is 2.11. The number of hydrogen-bond donors (Lipinski definition) is 1. The molecule has 0 saturated carbocycles. The maximum absolute atomic E-state index is 12.2. The fourth-order valence-corrected chi connectivity index (χ4v) is 3.31. The lowest BCUT2D eigenvalue weighted by Crippen LogP contribution is -2.06. The lowest BCUT2D eigenvalue weighted by molar-refractivity contribution is -0.140. The molecule has 0 aliphatic carbocycles. The van der Waals surface area contributed by atoms with Crippen molar-refractivity contribution in [2.24, 2.45) is 0 Å². The second-order valence-electron chi connectivity index (χ2n) is 7.31. The SMILES string of the molecule is C/C=C(\C)C(=O)OCc1cc(-c2ccccc2)ccc1-c1ccc(CCCO)cc1. The largest absolute Gasteiger partial charge is 0.457 e. The first-order valence-electron chi connectivity index (χ1n) is 10.3. The number of aryl methyl sites for hydroxylation is 1. The molecule has 0 bridgehead atoms. The summed E-state index contributed by atoms with van der Waals surface area (Å²) in [4.78, 5) is 12.2. The number of allylic oxidation sites excluding steroid dienone is 1. The monoisotopic (exact) mass is 400 g/mol. The maximum Gasteiger partial charge on any atom is 0.333 e. The van der Waals surface area contributed by atoms with Gasteiger partial charge in [0, 0.05) is 12.2 Å². The highest BCUT2D eigenvalue weighted by molar-refractivity contribution is 5.87. The Labute approximate surface area is 178 Å². The van der Waals surface area contributed by atoms with Crippen molar-refractivity contribution in [2.75, 3.05) is 6.61 Å². The van der Waals surface area contributed by atoms with Gasteiger partial charge in [0.2, 0.25) is 0 Å². The zero-order chi connectivity index (χ0) is 21.3. The highest BCUT2D eigenvalue weighted by Crippen LogP contribution is 2.30. The molecule has 0 spiro atoms. The van der Waals surface area contributed by atoms with Crippen molar-refractivity contribution in [3.63, 3.8) is 0 Å². The number of carbonyl (C=O) groups is 1. The zero-order valence-corrected chi connectivity index (χ0v) is 17.6. The standard InChI is InChI=1S/C27H28O3/c1-3-20(2)27(29)30-19-25-18-24(22-9-5-4-6-10-22)15-16-26(25)23-13-11-21(12-14-23)8-7-17-28/h3-6,9-16,18,28H,7-8,17,19H2,1-2H3/b20-3+. The number of aliphatic hydroxyl groups excluding tert-OH is 1. The van der Waals surface area contributed by atoms with Crippen LogP contribution in [-0.2, 0) is 22.6 Å². The fraction of sp³-hybridized carbons (Fsp3) is 0.222. The Bertz CT molecular complexity index is 1000. The highest BCUT2D eigenvalue weighted by atomic mass is 16.5. The summed E-state index contributed by atoms with van der Waals surface area (Å²) in [5.41, 5.74) is 7.12. The first-order chi connectivity index (χ1) is 14.6. The van der Waals surface area contributed by atoms with E-state index in [-0.39, 0.29) is 19.2 Å². The van der Waals surface area contributed by atoms with Crippen LogP contribution in [0.2, 0.25) is 0 Å². The normalized spacial score (nSPS) is 11.4. The summed E-state index contributed by atoms with van der Waals surface area (Å²) in [6.45, 7) is 4.00. The molecule has 30 heavy (non-hydrogen) atoms. The lowest BCUT2D eigenvalue weighted by atomic mass is 9.94. The number of hydrogen-bond acceptors (Lipinski definition) is 3. The number of ether oxygens (including phenoxy) is 1. The Morgan fingerprint density at radius 3 is 2.30 bits per heavy atom. The second kappa shape index (κ2) is 10.6.